The molecular formula is C20H22F2N2O2. The fourth-order valence-electron chi connectivity index (χ4n) is 2.36. The van der Waals surface area contributed by atoms with E-state index in [1.165, 1.54) is 0 Å². The van der Waals surface area contributed by atoms with Gasteiger partial charge in [0.25, 0.3) is 5.91 Å². The Morgan fingerprint density at radius 1 is 0.962 bits per heavy atom. The van der Waals surface area contributed by atoms with Crippen molar-refractivity contribution in [1.29, 1.82) is 0 Å². The molecule has 138 valence electrons. The van der Waals surface area contributed by atoms with E-state index in [4.69, 9.17) is 0 Å². The van der Waals surface area contributed by atoms with Gasteiger partial charge in [0.1, 0.15) is 11.6 Å². The molecular weight excluding hydrogens is 338 g/mol. The van der Waals surface area contributed by atoms with Gasteiger partial charge in [0.2, 0.25) is 5.91 Å². The monoisotopic (exact) mass is 360 g/mol. The van der Waals surface area contributed by atoms with Crippen molar-refractivity contribution in [2.75, 3.05) is 11.9 Å². The predicted octanol–water partition coefficient (Wildman–Crippen LogP) is 4.02. The van der Waals surface area contributed by atoms with E-state index in [-0.39, 0.29) is 30.0 Å². The zero-order chi connectivity index (χ0) is 19.3. The number of rotatable bonds is 5. The third-order valence-electron chi connectivity index (χ3n) is 3.80. The Kier molecular flexibility index (Phi) is 6.08. The van der Waals surface area contributed by atoms with Crippen molar-refractivity contribution in [3.8, 4) is 0 Å². The number of hydrogen-bond donors (Lipinski definition) is 2. The molecule has 4 nitrogen and oxygen atoms in total. The summed E-state index contributed by atoms with van der Waals surface area (Å²) < 4.78 is 26.2. The lowest BCUT2D eigenvalue weighted by Gasteiger charge is -2.19. The van der Waals surface area contributed by atoms with Crippen molar-refractivity contribution in [1.82, 2.24) is 5.32 Å². The zero-order valence-electron chi connectivity index (χ0n) is 15.0. The summed E-state index contributed by atoms with van der Waals surface area (Å²) in [5, 5.41) is 5.04. The van der Waals surface area contributed by atoms with Gasteiger partial charge in [0.15, 0.2) is 0 Å². The Hall–Kier alpha value is -2.76. The van der Waals surface area contributed by atoms with Gasteiger partial charge in [-0.25, -0.2) is 8.78 Å². The summed E-state index contributed by atoms with van der Waals surface area (Å²) in [5.74, 6) is -2.27. The number of hydrogen-bond acceptors (Lipinski definition) is 2. The molecule has 0 atom stereocenters. The van der Waals surface area contributed by atoms with Crippen LogP contribution < -0.4 is 10.6 Å². The van der Waals surface area contributed by atoms with Gasteiger partial charge in [-0.1, -0.05) is 32.9 Å². The van der Waals surface area contributed by atoms with Crippen LogP contribution in [0.25, 0.3) is 0 Å². The Bertz CT molecular complexity index is 776. The fraction of sp³-hybridized carbons (Fsp3) is 0.300. The second-order valence-electron chi connectivity index (χ2n) is 7.04. The molecule has 2 aromatic carbocycles. The van der Waals surface area contributed by atoms with E-state index >= 15 is 0 Å². The van der Waals surface area contributed by atoms with E-state index in [0.29, 0.717) is 5.56 Å². The molecule has 0 radical (unpaired) electrons. The van der Waals surface area contributed by atoms with E-state index in [1.807, 2.05) is 12.1 Å². The molecule has 0 aliphatic heterocycles. The van der Waals surface area contributed by atoms with Gasteiger partial charge >= 0.3 is 0 Å². The zero-order valence-corrected chi connectivity index (χ0v) is 15.0. The summed E-state index contributed by atoms with van der Waals surface area (Å²) in [7, 11) is 0. The number of benzene rings is 2. The highest BCUT2D eigenvalue weighted by molar-refractivity contribution is 5.95. The molecule has 0 fully saturated rings. The van der Waals surface area contributed by atoms with Crippen molar-refractivity contribution < 1.29 is 18.4 Å². The maximum Gasteiger partial charge on any atom is 0.251 e. The SMILES string of the molecule is CC(C)(C)c1ccc(C(=O)NCCC(=O)Nc2cc(F)cc(F)c2)cc1. The number of amides is 2. The normalized spacial score (nSPS) is 11.1. The molecule has 0 aliphatic carbocycles. The van der Waals surface area contributed by atoms with Gasteiger partial charge in [0.05, 0.1) is 0 Å². The molecule has 0 saturated heterocycles. The number of halogens is 2. The maximum absolute atomic E-state index is 13.1. The van der Waals surface area contributed by atoms with Gasteiger partial charge in [-0.3, -0.25) is 9.59 Å². The topological polar surface area (TPSA) is 58.2 Å². The quantitative estimate of drug-likeness (QED) is 0.846. The third-order valence-corrected chi connectivity index (χ3v) is 3.80. The van der Waals surface area contributed by atoms with Gasteiger partial charge in [-0.05, 0) is 35.2 Å². The summed E-state index contributed by atoms with van der Waals surface area (Å²) in [6.45, 7) is 6.38. The van der Waals surface area contributed by atoms with E-state index < -0.39 is 17.5 Å². The molecule has 0 unspecified atom stereocenters. The van der Waals surface area contributed by atoms with Gasteiger partial charge in [-0.15, -0.1) is 0 Å². The van der Waals surface area contributed by atoms with Crippen molar-refractivity contribution in [2.24, 2.45) is 0 Å². The van der Waals surface area contributed by atoms with E-state index in [9.17, 15) is 18.4 Å². The molecule has 2 amide bonds. The van der Waals surface area contributed by atoms with Crippen LogP contribution in [0, 0.1) is 11.6 Å². The van der Waals surface area contributed by atoms with Crippen LogP contribution >= 0.6 is 0 Å². The standard InChI is InChI=1S/C20H22F2N2O2/c1-20(2,3)14-6-4-13(5-7-14)19(26)23-9-8-18(25)24-17-11-15(21)10-16(22)12-17/h4-7,10-12H,8-9H2,1-3H3,(H,23,26)(H,24,25). The molecule has 0 bridgehead atoms. The minimum Gasteiger partial charge on any atom is -0.352 e. The van der Waals surface area contributed by atoms with Crippen molar-refractivity contribution >= 4 is 17.5 Å². The minimum absolute atomic E-state index is 0.00345. The Labute approximate surface area is 151 Å². The highest BCUT2D eigenvalue weighted by Crippen LogP contribution is 2.22. The lowest BCUT2D eigenvalue weighted by atomic mass is 9.87. The summed E-state index contributed by atoms with van der Waals surface area (Å²) in [6.07, 6.45) is -0.00997. The summed E-state index contributed by atoms with van der Waals surface area (Å²) >= 11 is 0. The maximum atomic E-state index is 13.1. The van der Waals surface area contributed by atoms with Crippen LogP contribution in [0.5, 0.6) is 0 Å². The van der Waals surface area contributed by atoms with Crippen LogP contribution in [0.2, 0.25) is 0 Å². The summed E-state index contributed by atoms with van der Waals surface area (Å²) in [4.78, 5) is 23.9. The van der Waals surface area contributed by atoms with Crippen LogP contribution in [0.15, 0.2) is 42.5 Å². The van der Waals surface area contributed by atoms with Crippen LogP contribution in [0.4, 0.5) is 14.5 Å². The first-order valence-corrected chi connectivity index (χ1v) is 8.30. The van der Waals surface area contributed by atoms with Gasteiger partial charge < -0.3 is 10.6 Å². The molecule has 6 heteroatoms. The molecule has 0 aromatic heterocycles. The van der Waals surface area contributed by atoms with Gasteiger partial charge in [0, 0.05) is 30.3 Å². The van der Waals surface area contributed by atoms with Crippen LogP contribution in [0.3, 0.4) is 0 Å². The molecule has 0 aliphatic rings. The Balaban J connectivity index is 1.83. The molecule has 0 saturated carbocycles. The number of nitrogens with one attached hydrogen (secondary N) is 2. The Morgan fingerprint density at radius 2 is 1.54 bits per heavy atom. The molecule has 26 heavy (non-hydrogen) atoms. The summed E-state index contributed by atoms with van der Waals surface area (Å²) in [6, 6.07) is 10.1. The second kappa shape index (κ2) is 8.08. The first kappa shape index (κ1) is 19.6. The molecule has 2 N–H and O–H groups in total. The van der Waals surface area contributed by atoms with Crippen LogP contribution in [-0.4, -0.2) is 18.4 Å². The molecule has 0 heterocycles. The van der Waals surface area contributed by atoms with Gasteiger partial charge in [-0.2, -0.15) is 0 Å². The summed E-state index contributed by atoms with van der Waals surface area (Å²) in [5.41, 5.74) is 1.67. The largest absolute Gasteiger partial charge is 0.352 e. The van der Waals surface area contributed by atoms with Crippen molar-refractivity contribution in [3.63, 3.8) is 0 Å². The van der Waals surface area contributed by atoms with E-state index in [2.05, 4.69) is 31.4 Å². The molecule has 0 spiro atoms. The first-order valence-electron chi connectivity index (χ1n) is 8.30. The lowest BCUT2D eigenvalue weighted by molar-refractivity contribution is -0.116. The smallest absolute Gasteiger partial charge is 0.251 e. The predicted molar refractivity (Wildman–Crippen MR) is 97.1 cm³/mol. The highest BCUT2D eigenvalue weighted by atomic mass is 19.1. The van der Waals surface area contributed by atoms with E-state index in [0.717, 1.165) is 23.8 Å². The van der Waals surface area contributed by atoms with Crippen LogP contribution in [0.1, 0.15) is 43.1 Å². The Morgan fingerprint density at radius 3 is 2.08 bits per heavy atom. The second-order valence-corrected chi connectivity index (χ2v) is 7.04. The first-order chi connectivity index (χ1) is 12.1. The van der Waals surface area contributed by atoms with Crippen molar-refractivity contribution in [3.05, 3.63) is 65.2 Å². The van der Waals surface area contributed by atoms with Crippen molar-refractivity contribution in [2.45, 2.75) is 32.6 Å². The number of carbonyl (C=O) groups excluding carboxylic acids is 2. The number of anilines is 1. The average Bonchev–Trinajstić information content (AvgIpc) is 2.53. The van der Waals surface area contributed by atoms with E-state index in [1.54, 1.807) is 12.1 Å². The molecule has 2 aromatic rings. The fourth-order valence-corrected chi connectivity index (χ4v) is 2.36. The number of carbonyl (C=O) groups is 2. The third kappa shape index (κ3) is 5.65. The lowest BCUT2D eigenvalue weighted by Crippen LogP contribution is -2.27. The van der Waals surface area contributed by atoms with Crippen LogP contribution in [-0.2, 0) is 10.2 Å². The highest BCUT2D eigenvalue weighted by Gasteiger charge is 2.14. The minimum atomic E-state index is -0.771. The average molecular weight is 360 g/mol. The molecule has 2 rings (SSSR count).